The Balaban J connectivity index is 1.64. The molecule has 5 rings (SSSR count). The van der Waals surface area contributed by atoms with Crippen molar-refractivity contribution in [2.75, 3.05) is 7.11 Å². The minimum absolute atomic E-state index is 0.0215. The molecule has 0 spiro atoms. The van der Waals surface area contributed by atoms with Crippen molar-refractivity contribution in [1.29, 1.82) is 5.26 Å². The average Bonchev–Trinajstić information content (AvgIpc) is 2.90. The molecule has 2 heterocycles. The molecule has 1 aliphatic heterocycles. The van der Waals surface area contributed by atoms with Crippen LogP contribution in [0, 0.1) is 11.3 Å². The number of methoxy groups -OCH3 is 1. The summed E-state index contributed by atoms with van der Waals surface area (Å²) >= 11 is 0. The van der Waals surface area contributed by atoms with E-state index in [2.05, 4.69) is 6.07 Å². The molecule has 0 fully saturated rings. The van der Waals surface area contributed by atoms with Crippen LogP contribution in [0.3, 0.4) is 0 Å². The van der Waals surface area contributed by atoms with Crippen LogP contribution in [-0.4, -0.2) is 11.7 Å². The Morgan fingerprint density at radius 3 is 2.54 bits per heavy atom. The normalized spacial score (nSPS) is 14.7. The summed E-state index contributed by atoms with van der Waals surface area (Å²) in [5.74, 6) is 0.665. The molecule has 174 valence electrons. The van der Waals surface area contributed by atoms with Crippen LogP contribution in [0.2, 0.25) is 0 Å². The topological polar surface area (TPSA) is 99.5 Å². The summed E-state index contributed by atoms with van der Waals surface area (Å²) in [6.45, 7) is 0.374. The van der Waals surface area contributed by atoms with Crippen molar-refractivity contribution >= 4 is 10.9 Å². The molecule has 0 saturated carbocycles. The van der Waals surface area contributed by atoms with Crippen LogP contribution in [-0.2, 0) is 13.7 Å². The molecule has 0 unspecified atom stereocenters. The maximum absolute atomic E-state index is 13.5. The lowest BCUT2D eigenvalue weighted by atomic mass is 9.83. The average molecular weight is 466 g/mol. The fourth-order valence-corrected chi connectivity index (χ4v) is 4.48. The Labute approximate surface area is 202 Å². The number of nitrogens with zero attached hydrogens (tertiary/aromatic N) is 2. The Morgan fingerprint density at radius 1 is 1.06 bits per heavy atom. The van der Waals surface area contributed by atoms with Crippen molar-refractivity contribution in [2.45, 2.75) is 12.5 Å². The third-order valence-corrected chi connectivity index (χ3v) is 6.22. The summed E-state index contributed by atoms with van der Waals surface area (Å²) in [6, 6.07) is 24.8. The SMILES string of the molecule is COc1cc([C@H]2C(C#N)=C(N)Oc3c2c(=O)n(C)c2ccccc32)ccc1OCc1ccccc1. The number of pyridine rings is 1. The van der Waals surface area contributed by atoms with E-state index in [1.807, 2.05) is 60.7 Å². The van der Waals surface area contributed by atoms with Gasteiger partial charge in [0.15, 0.2) is 11.5 Å². The summed E-state index contributed by atoms with van der Waals surface area (Å²) in [4.78, 5) is 13.5. The molecule has 2 N–H and O–H groups in total. The molecule has 7 nitrogen and oxygen atoms in total. The lowest BCUT2D eigenvalue weighted by Gasteiger charge is -2.28. The third kappa shape index (κ3) is 3.75. The molecule has 0 radical (unpaired) electrons. The second-order valence-corrected chi connectivity index (χ2v) is 8.23. The molecule has 0 bridgehead atoms. The maximum Gasteiger partial charge on any atom is 0.258 e. The third-order valence-electron chi connectivity index (χ3n) is 6.22. The molecule has 3 aromatic carbocycles. The van der Waals surface area contributed by atoms with E-state index in [1.165, 1.54) is 0 Å². The van der Waals surface area contributed by atoms with Gasteiger partial charge in [-0.15, -0.1) is 0 Å². The zero-order chi connectivity index (χ0) is 24.5. The summed E-state index contributed by atoms with van der Waals surface area (Å²) in [6.07, 6.45) is 0. The molecule has 0 aliphatic carbocycles. The number of aryl methyl sites for hydroxylation is 1. The summed E-state index contributed by atoms with van der Waals surface area (Å²) in [7, 11) is 3.26. The predicted molar refractivity (Wildman–Crippen MR) is 132 cm³/mol. The first-order valence-corrected chi connectivity index (χ1v) is 11.1. The van der Waals surface area contributed by atoms with Gasteiger partial charge >= 0.3 is 0 Å². The van der Waals surface area contributed by atoms with E-state index in [0.29, 0.717) is 40.5 Å². The number of aromatic nitrogens is 1. The van der Waals surface area contributed by atoms with Crippen LogP contribution in [0.1, 0.15) is 22.6 Å². The number of hydrogen-bond acceptors (Lipinski definition) is 6. The Hall–Kier alpha value is -4.70. The highest BCUT2D eigenvalue weighted by Crippen LogP contribution is 2.45. The quantitative estimate of drug-likeness (QED) is 0.471. The Kier molecular flexibility index (Phi) is 5.63. The first kappa shape index (κ1) is 22.1. The Bertz CT molecular complexity index is 1570. The van der Waals surface area contributed by atoms with Gasteiger partial charge in [-0.1, -0.05) is 48.5 Å². The van der Waals surface area contributed by atoms with Gasteiger partial charge in [0.25, 0.3) is 5.56 Å². The molecule has 7 heteroatoms. The molecule has 35 heavy (non-hydrogen) atoms. The fourth-order valence-electron chi connectivity index (χ4n) is 4.48. The first-order chi connectivity index (χ1) is 17.0. The molecule has 1 aliphatic rings. The summed E-state index contributed by atoms with van der Waals surface area (Å²) in [5.41, 5.74) is 8.87. The largest absolute Gasteiger partial charge is 0.493 e. The smallest absolute Gasteiger partial charge is 0.258 e. The highest BCUT2D eigenvalue weighted by atomic mass is 16.5. The van der Waals surface area contributed by atoms with E-state index in [4.69, 9.17) is 19.9 Å². The number of hydrogen-bond donors (Lipinski definition) is 1. The summed E-state index contributed by atoms with van der Waals surface area (Å²) < 4.78 is 19.0. The monoisotopic (exact) mass is 465 g/mol. The van der Waals surface area contributed by atoms with Gasteiger partial charge in [0.1, 0.15) is 24.0 Å². The number of ether oxygens (including phenoxy) is 3. The predicted octanol–water partition coefficient (Wildman–Crippen LogP) is 4.34. The van der Waals surface area contributed by atoms with Crippen molar-refractivity contribution in [3.63, 3.8) is 0 Å². The van der Waals surface area contributed by atoms with Crippen LogP contribution in [0.15, 0.2) is 89.0 Å². The maximum atomic E-state index is 13.5. The molecule has 0 saturated heterocycles. The minimum Gasteiger partial charge on any atom is -0.493 e. The van der Waals surface area contributed by atoms with Gasteiger partial charge in [-0.2, -0.15) is 5.26 Å². The van der Waals surface area contributed by atoms with Crippen LogP contribution >= 0.6 is 0 Å². The van der Waals surface area contributed by atoms with Crippen LogP contribution in [0.4, 0.5) is 0 Å². The van der Waals surface area contributed by atoms with Crippen molar-refractivity contribution < 1.29 is 14.2 Å². The number of rotatable bonds is 5. The van der Waals surface area contributed by atoms with Crippen LogP contribution in [0.5, 0.6) is 17.2 Å². The van der Waals surface area contributed by atoms with E-state index in [-0.39, 0.29) is 17.0 Å². The fraction of sp³-hybridized carbons (Fsp3) is 0.143. The van der Waals surface area contributed by atoms with Gasteiger partial charge in [-0.3, -0.25) is 4.79 Å². The standard InChI is InChI=1S/C28H23N3O4/c1-31-21-11-7-6-10-19(21)26-25(28(31)32)24(20(15-29)27(30)35-26)18-12-13-22(23(14-18)33-2)34-16-17-8-4-3-5-9-17/h3-14,24H,16,30H2,1-2H3/t24-/m0/s1. The lowest BCUT2D eigenvalue weighted by molar-refractivity contribution is 0.284. The number of nitriles is 1. The van der Waals surface area contributed by atoms with Gasteiger partial charge in [0, 0.05) is 12.4 Å². The van der Waals surface area contributed by atoms with Crippen molar-refractivity contribution in [3.05, 3.63) is 111 Å². The van der Waals surface area contributed by atoms with E-state index in [9.17, 15) is 10.1 Å². The molecule has 0 amide bonds. The lowest BCUT2D eigenvalue weighted by Crippen LogP contribution is -2.31. The summed E-state index contributed by atoms with van der Waals surface area (Å²) in [5, 5.41) is 10.7. The number of benzene rings is 3. The molecule has 1 atom stereocenters. The molecular formula is C28H23N3O4. The zero-order valence-corrected chi connectivity index (χ0v) is 19.3. The van der Waals surface area contributed by atoms with Gasteiger partial charge in [0.05, 0.1) is 24.1 Å². The molecular weight excluding hydrogens is 442 g/mol. The number of fused-ring (bicyclic) bond motifs is 3. The van der Waals surface area contributed by atoms with Crippen LogP contribution < -0.4 is 25.5 Å². The van der Waals surface area contributed by atoms with Gasteiger partial charge in [-0.25, -0.2) is 0 Å². The van der Waals surface area contributed by atoms with Crippen molar-refractivity contribution in [3.8, 4) is 23.3 Å². The van der Waals surface area contributed by atoms with E-state index < -0.39 is 5.92 Å². The number of para-hydroxylation sites is 1. The Morgan fingerprint density at radius 2 is 1.80 bits per heavy atom. The van der Waals surface area contributed by atoms with Gasteiger partial charge in [0.2, 0.25) is 5.88 Å². The van der Waals surface area contributed by atoms with Crippen molar-refractivity contribution in [1.82, 2.24) is 4.57 Å². The zero-order valence-electron chi connectivity index (χ0n) is 19.3. The van der Waals surface area contributed by atoms with E-state index >= 15 is 0 Å². The molecule has 1 aromatic heterocycles. The van der Waals surface area contributed by atoms with Crippen LogP contribution in [0.25, 0.3) is 10.9 Å². The first-order valence-electron chi connectivity index (χ1n) is 11.1. The number of allylic oxidation sites excluding steroid dienone is 1. The van der Waals surface area contributed by atoms with Gasteiger partial charge in [-0.05, 0) is 35.4 Å². The second kappa shape index (κ2) is 8.92. The van der Waals surface area contributed by atoms with E-state index in [0.717, 1.165) is 10.9 Å². The number of nitrogens with two attached hydrogens (primary N) is 1. The second-order valence-electron chi connectivity index (χ2n) is 8.23. The van der Waals surface area contributed by atoms with E-state index in [1.54, 1.807) is 30.9 Å². The highest BCUT2D eigenvalue weighted by Gasteiger charge is 2.35. The van der Waals surface area contributed by atoms with Crippen molar-refractivity contribution in [2.24, 2.45) is 12.8 Å². The highest BCUT2D eigenvalue weighted by molar-refractivity contribution is 5.88. The molecule has 4 aromatic rings. The van der Waals surface area contributed by atoms with Gasteiger partial charge < -0.3 is 24.5 Å². The minimum atomic E-state index is -0.718.